The number of likely N-dealkylation sites (tertiary alicyclic amines) is 2. The van der Waals surface area contributed by atoms with Crippen molar-refractivity contribution in [3.63, 3.8) is 0 Å². The minimum atomic E-state index is -0.962. The highest BCUT2D eigenvalue weighted by molar-refractivity contribution is 5.92. The monoisotopic (exact) mass is 579 g/mol. The van der Waals surface area contributed by atoms with E-state index in [-0.39, 0.29) is 18.2 Å². The average Bonchev–Trinajstić information content (AvgIpc) is 3.69. The number of amides is 2. The first-order valence-electron chi connectivity index (χ1n) is 14.4. The molecule has 2 aromatic heterocycles. The van der Waals surface area contributed by atoms with Gasteiger partial charge in [-0.25, -0.2) is 23.4 Å². The van der Waals surface area contributed by atoms with E-state index >= 15 is 0 Å². The Morgan fingerprint density at radius 3 is 2.45 bits per heavy atom. The number of benzene rings is 2. The minimum absolute atomic E-state index is 0.177. The van der Waals surface area contributed by atoms with Gasteiger partial charge in [0.25, 0.3) is 0 Å². The fourth-order valence-electron chi connectivity index (χ4n) is 6.44. The minimum Gasteiger partial charge on any atom is -0.465 e. The second kappa shape index (κ2) is 10.6. The lowest BCUT2D eigenvalue weighted by Crippen LogP contribution is -2.41. The number of hydrogen-bond acceptors (Lipinski definition) is 4. The second-order valence-corrected chi connectivity index (χ2v) is 12.3. The Labute approximate surface area is 242 Å². The van der Waals surface area contributed by atoms with Gasteiger partial charge in [0.1, 0.15) is 17.2 Å². The lowest BCUT2D eigenvalue weighted by molar-refractivity contribution is 0.0215. The quantitative estimate of drug-likeness (QED) is 0.279. The van der Waals surface area contributed by atoms with Gasteiger partial charge in [-0.1, -0.05) is 0 Å². The molecule has 11 heteroatoms. The summed E-state index contributed by atoms with van der Waals surface area (Å²) in [5, 5.41) is 10.6. The van der Waals surface area contributed by atoms with Gasteiger partial charge in [-0.3, -0.25) is 0 Å². The van der Waals surface area contributed by atoms with Crippen molar-refractivity contribution in [2.75, 3.05) is 13.1 Å². The molecule has 2 atom stereocenters. The van der Waals surface area contributed by atoms with Crippen LogP contribution in [0.5, 0.6) is 0 Å². The number of fused-ring (bicyclic) bond motifs is 2. The number of carboxylic acid groups (broad SMARTS) is 1. The molecule has 0 saturated carbocycles. The number of carbonyl (C=O) groups excluding carboxylic acids is 1. The Hall–Kier alpha value is -4.15. The van der Waals surface area contributed by atoms with Crippen LogP contribution in [-0.2, 0) is 17.7 Å². The number of imidazole rings is 1. The molecule has 2 aliphatic rings. The largest absolute Gasteiger partial charge is 0.465 e. The van der Waals surface area contributed by atoms with Crippen LogP contribution in [0.3, 0.4) is 0 Å². The normalized spacial score (nSPS) is 19.4. The fourth-order valence-corrected chi connectivity index (χ4v) is 6.44. The summed E-state index contributed by atoms with van der Waals surface area (Å²) in [4.78, 5) is 36.4. The highest BCUT2D eigenvalue weighted by Crippen LogP contribution is 2.36. The van der Waals surface area contributed by atoms with E-state index in [9.17, 15) is 23.5 Å². The summed E-state index contributed by atoms with van der Waals surface area (Å²) >= 11 is 0. The van der Waals surface area contributed by atoms with Crippen molar-refractivity contribution in [2.45, 2.75) is 77.1 Å². The maximum absolute atomic E-state index is 14.4. The first-order chi connectivity index (χ1) is 20.0. The molecule has 9 nitrogen and oxygen atoms in total. The molecule has 2 aromatic carbocycles. The van der Waals surface area contributed by atoms with Crippen LogP contribution in [0, 0.1) is 11.6 Å². The molecule has 4 heterocycles. The highest BCUT2D eigenvalue weighted by Gasteiger charge is 2.35. The van der Waals surface area contributed by atoms with Crippen LogP contribution in [0.15, 0.2) is 36.4 Å². The number of ether oxygens (including phenoxy) is 1. The van der Waals surface area contributed by atoms with Crippen LogP contribution in [0.2, 0.25) is 0 Å². The third-order valence-corrected chi connectivity index (χ3v) is 8.26. The van der Waals surface area contributed by atoms with Gasteiger partial charge in [-0.05, 0) is 88.8 Å². The first kappa shape index (κ1) is 28.0. The van der Waals surface area contributed by atoms with Gasteiger partial charge in [0.05, 0.1) is 22.8 Å². The van der Waals surface area contributed by atoms with Crippen molar-refractivity contribution < 1.29 is 28.2 Å². The lowest BCUT2D eigenvalue weighted by Gasteiger charge is -2.29. The van der Waals surface area contributed by atoms with Crippen LogP contribution in [-0.4, -0.2) is 72.4 Å². The second-order valence-electron chi connectivity index (χ2n) is 12.3. The van der Waals surface area contributed by atoms with Gasteiger partial charge in [0.2, 0.25) is 0 Å². The van der Waals surface area contributed by atoms with E-state index in [2.05, 4.69) is 4.98 Å². The molecule has 2 N–H and O–H groups in total. The maximum atomic E-state index is 14.4. The van der Waals surface area contributed by atoms with Crippen LogP contribution in [0.25, 0.3) is 33.5 Å². The molecule has 4 aromatic rings. The van der Waals surface area contributed by atoms with Crippen LogP contribution < -0.4 is 0 Å². The molecule has 0 aliphatic carbocycles. The van der Waals surface area contributed by atoms with Crippen molar-refractivity contribution in [3.8, 4) is 11.5 Å². The lowest BCUT2D eigenvalue weighted by atomic mass is 10.00. The first-order valence-corrected chi connectivity index (χ1v) is 14.4. The van der Waals surface area contributed by atoms with Crippen molar-refractivity contribution in [1.82, 2.24) is 24.3 Å². The standard InChI is InChI=1S/C31H35F2N5O4/c1-31(2,3)42-30(41)37-13-5-7-21(37)17-38-26-11-9-19(33)15-25(26)35-28(38)27-23(16-20-6-4-12-36(20)29(39)40)22-10-8-18(32)14-24(22)34-27/h8-11,14-15,20-21,34H,4-7,12-13,16-17H2,1-3H3,(H,39,40)/t20-,21-/m0/s1. The Morgan fingerprint density at radius 2 is 1.71 bits per heavy atom. The number of H-pyrrole nitrogens is 1. The highest BCUT2D eigenvalue weighted by atomic mass is 19.1. The molecule has 0 spiro atoms. The number of nitrogens with one attached hydrogen (secondary N) is 1. The Balaban J connectivity index is 1.47. The molecule has 0 unspecified atom stereocenters. The fraction of sp³-hybridized carbons (Fsp3) is 0.452. The zero-order valence-corrected chi connectivity index (χ0v) is 24.0. The topological polar surface area (TPSA) is 104 Å². The molecule has 42 heavy (non-hydrogen) atoms. The average molecular weight is 580 g/mol. The number of aromatic nitrogens is 3. The molecule has 2 saturated heterocycles. The number of hydrogen-bond donors (Lipinski definition) is 2. The van der Waals surface area contributed by atoms with Crippen LogP contribution in [0.1, 0.15) is 52.0 Å². The molecular formula is C31H35F2N5O4. The molecule has 0 bridgehead atoms. The predicted octanol–water partition coefficient (Wildman–Crippen LogP) is 6.55. The number of halogens is 2. The Morgan fingerprint density at radius 1 is 1.02 bits per heavy atom. The number of nitrogens with zero attached hydrogens (tertiary/aromatic N) is 4. The van der Waals surface area contributed by atoms with E-state index in [4.69, 9.17) is 9.72 Å². The summed E-state index contributed by atoms with van der Waals surface area (Å²) in [5.74, 6) is -0.292. The molecule has 222 valence electrons. The zero-order chi connectivity index (χ0) is 29.8. The number of carbonyl (C=O) groups is 2. The maximum Gasteiger partial charge on any atom is 0.410 e. The van der Waals surface area contributed by atoms with Crippen molar-refractivity contribution in [1.29, 1.82) is 0 Å². The van der Waals surface area contributed by atoms with E-state index in [0.29, 0.717) is 60.5 Å². The van der Waals surface area contributed by atoms with Crippen LogP contribution >= 0.6 is 0 Å². The summed E-state index contributed by atoms with van der Waals surface area (Å²) in [6.07, 6.45) is 2.15. The molecule has 6 rings (SSSR count). The van der Waals surface area contributed by atoms with E-state index in [1.807, 2.05) is 25.3 Å². The molecular weight excluding hydrogens is 544 g/mol. The van der Waals surface area contributed by atoms with Gasteiger partial charge in [-0.2, -0.15) is 0 Å². The van der Waals surface area contributed by atoms with Crippen LogP contribution in [0.4, 0.5) is 18.4 Å². The van der Waals surface area contributed by atoms with Crippen molar-refractivity contribution >= 4 is 34.1 Å². The summed E-state index contributed by atoms with van der Waals surface area (Å²) in [6.45, 7) is 6.93. The zero-order valence-electron chi connectivity index (χ0n) is 24.0. The molecule has 0 radical (unpaired) electrons. The smallest absolute Gasteiger partial charge is 0.410 e. The molecule has 2 fully saturated rings. The molecule has 2 amide bonds. The van der Waals surface area contributed by atoms with Gasteiger partial charge in [0.15, 0.2) is 5.82 Å². The van der Waals surface area contributed by atoms with E-state index in [0.717, 1.165) is 30.2 Å². The molecule has 2 aliphatic heterocycles. The number of rotatable bonds is 5. The SMILES string of the molecule is CC(C)(C)OC(=O)N1CCC[C@H]1Cn1c(-c2[nH]c3cc(F)ccc3c2C[C@@H]2CCCN2C(=O)O)nc2cc(F)ccc21. The third-order valence-electron chi connectivity index (χ3n) is 8.26. The van der Waals surface area contributed by atoms with Gasteiger partial charge in [0, 0.05) is 42.6 Å². The Kier molecular flexibility index (Phi) is 7.06. The Bertz CT molecular complexity index is 1670. The summed E-state index contributed by atoms with van der Waals surface area (Å²) in [6, 6.07) is 8.53. The summed E-state index contributed by atoms with van der Waals surface area (Å²) in [5.41, 5.74) is 2.55. The van der Waals surface area contributed by atoms with Crippen molar-refractivity contribution in [3.05, 3.63) is 53.6 Å². The number of aromatic amines is 1. The van der Waals surface area contributed by atoms with Gasteiger partial charge < -0.3 is 29.2 Å². The van der Waals surface area contributed by atoms with E-state index in [1.165, 1.54) is 29.2 Å². The van der Waals surface area contributed by atoms with Gasteiger partial charge >= 0.3 is 12.2 Å². The van der Waals surface area contributed by atoms with E-state index in [1.54, 1.807) is 17.0 Å². The summed E-state index contributed by atoms with van der Waals surface area (Å²) in [7, 11) is 0. The predicted molar refractivity (Wildman–Crippen MR) is 154 cm³/mol. The summed E-state index contributed by atoms with van der Waals surface area (Å²) < 4.78 is 36.4. The van der Waals surface area contributed by atoms with Gasteiger partial charge in [-0.15, -0.1) is 0 Å². The van der Waals surface area contributed by atoms with Crippen molar-refractivity contribution in [2.24, 2.45) is 0 Å². The van der Waals surface area contributed by atoms with E-state index < -0.39 is 23.3 Å². The third kappa shape index (κ3) is 5.28.